The van der Waals surface area contributed by atoms with Crippen molar-refractivity contribution in [1.82, 2.24) is 9.97 Å². The van der Waals surface area contributed by atoms with E-state index in [1.165, 1.54) is 0 Å². The third kappa shape index (κ3) is 0.924. The minimum Gasteiger partial charge on any atom is -0.397 e. The summed E-state index contributed by atoms with van der Waals surface area (Å²) in [7, 11) is 5.59. The van der Waals surface area contributed by atoms with Crippen LogP contribution in [0.5, 0.6) is 0 Å². The molecule has 0 spiro atoms. The van der Waals surface area contributed by atoms with E-state index in [0.717, 1.165) is 5.52 Å². The fourth-order valence-electron chi connectivity index (χ4n) is 1.07. The fourth-order valence-corrected chi connectivity index (χ4v) is 1.07. The third-order valence-corrected chi connectivity index (χ3v) is 1.71. The van der Waals surface area contributed by atoms with E-state index >= 15 is 0 Å². The second kappa shape index (κ2) is 2.48. The van der Waals surface area contributed by atoms with Crippen molar-refractivity contribution in [2.75, 3.05) is 5.73 Å². The summed E-state index contributed by atoms with van der Waals surface area (Å²) in [6, 6.07) is 3.53. The van der Waals surface area contributed by atoms with Crippen LogP contribution in [0, 0.1) is 0 Å². The zero-order chi connectivity index (χ0) is 8.55. The molecule has 0 aliphatic heterocycles. The van der Waals surface area contributed by atoms with Crippen LogP contribution >= 0.6 is 0 Å². The molecule has 2 rings (SSSR count). The monoisotopic (exact) mass is 155 g/mol. The molecule has 2 aromatic rings. The number of nitrogens with two attached hydrogens (primary N) is 1. The molecule has 0 atom stereocenters. The van der Waals surface area contributed by atoms with Gasteiger partial charge in [-0.05, 0) is 6.07 Å². The lowest BCUT2D eigenvalue weighted by molar-refractivity contribution is 1.30. The zero-order valence-corrected chi connectivity index (χ0v) is 6.36. The molecular formula is C8H6BN3. The van der Waals surface area contributed by atoms with Crippen LogP contribution in [-0.2, 0) is 0 Å². The van der Waals surface area contributed by atoms with Gasteiger partial charge in [-0.3, -0.25) is 9.97 Å². The second-order valence-corrected chi connectivity index (χ2v) is 2.49. The lowest BCUT2D eigenvalue weighted by atomic mass is 9.93. The first-order chi connectivity index (χ1) is 5.79. The van der Waals surface area contributed by atoms with Crippen molar-refractivity contribution in [3.63, 3.8) is 0 Å². The van der Waals surface area contributed by atoms with E-state index in [2.05, 4.69) is 9.97 Å². The normalized spacial score (nSPS) is 10.3. The molecule has 56 valence electrons. The van der Waals surface area contributed by atoms with Crippen LogP contribution in [0.2, 0.25) is 0 Å². The maximum atomic E-state index is 5.69. The molecule has 2 N–H and O–H groups in total. The minimum atomic E-state index is 0.501. The number of anilines is 1. The largest absolute Gasteiger partial charge is 0.397 e. The topological polar surface area (TPSA) is 51.8 Å². The van der Waals surface area contributed by atoms with E-state index in [9.17, 15) is 0 Å². The summed E-state index contributed by atoms with van der Waals surface area (Å²) < 4.78 is 0. The molecule has 1 aromatic heterocycles. The quantitative estimate of drug-likeness (QED) is 0.430. The second-order valence-electron chi connectivity index (χ2n) is 2.49. The molecule has 3 nitrogen and oxygen atoms in total. The summed E-state index contributed by atoms with van der Waals surface area (Å²) in [5.41, 5.74) is 8.17. The van der Waals surface area contributed by atoms with Gasteiger partial charge in [-0.25, -0.2) is 0 Å². The molecule has 0 bridgehead atoms. The van der Waals surface area contributed by atoms with Crippen LogP contribution in [0.25, 0.3) is 11.0 Å². The highest BCUT2D eigenvalue weighted by Gasteiger charge is 2.00. The van der Waals surface area contributed by atoms with Gasteiger partial charge in [0.15, 0.2) is 0 Å². The van der Waals surface area contributed by atoms with Crippen molar-refractivity contribution >= 4 is 30.0 Å². The van der Waals surface area contributed by atoms with Gasteiger partial charge in [0.1, 0.15) is 13.4 Å². The molecule has 0 fully saturated rings. The Bertz CT molecular complexity index is 428. The summed E-state index contributed by atoms with van der Waals surface area (Å²) in [6.07, 6.45) is 3.22. The molecule has 4 heteroatoms. The third-order valence-electron chi connectivity index (χ3n) is 1.71. The van der Waals surface area contributed by atoms with Gasteiger partial charge in [0, 0.05) is 12.4 Å². The number of nitrogens with zero attached hydrogens (tertiary/aromatic N) is 2. The standard InChI is InChI=1S/C8H6BN3/c9-5-1-2-6-8(7(5)10)12-4-3-11-6/h1-4H,10H2. The van der Waals surface area contributed by atoms with Crippen molar-refractivity contribution in [2.24, 2.45) is 0 Å². The van der Waals surface area contributed by atoms with Gasteiger partial charge in [-0.1, -0.05) is 11.5 Å². The van der Waals surface area contributed by atoms with Crippen molar-refractivity contribution in [3.05, 3.63) is 24.5 Å². The molecular weight excluding hydrogens is 149 g/mol. The zero-order valence-electron chi connectivity index (χ0n) is 6.36. The van der Waals surface area contributed by atoms with Crippen molar-refractivity contribution in [2.45, 2.75) is 0 Å². The van der Waals surface area contributed by atoms with E-state index in [4.69, 9.17) is 13.6 Å². The van der Waals surface area contributed by atoms with Crippen LogP contribution < -0.4 is 11.2 Å². The Balaban J connectivity index is 2.91. The van der Waals surface area contributed by atoms with Crippen molar-refractivity contribution in [3.8, 4) is 0 Å². The van der Waals surface area contributed by atoms with Gasteiger partial charge < -0.3 is 5.73 Å². The Labute approximate surface area is 71.0 Å². The molecule has 0 saturated heterocycles. The first kappa shape index (κ1) is 7.09. The minimum absolute atomic E-state index is 0.501. The molecule has 2 radical (unpaired) electrons. The molecule has 0 amide bonds. The summed E-state index contributed by atoms with van der Waals surface area (Å²) >= 11 is 0. The summed E-state index contributed by atoms with van der Waals surface area (Å²) in [4.78, 5) is 8.16. The van der Waals surface area contributed by atoms with Gasteiger partial charge >= 0.3 is 0 Å². The summed E-state index contributed by atoms with van der Waals surface area (Å²) in [5.74, 6) is 0. The Kier molecular flexibility index (Phi) is 1.47. The van der Waals surface area contributed by atoms with Crippen LogP contribution in [0.15, 0.2) is 24.5 Å². The first-order valence-electron chi connectivity index (χ1n) is 3.53. The molecule has 1 heterocycles. The Hall–Kier alpha value is -1.58. The maximum absolute atomic E-state index is 5.69. The van der Waals surface area contributed by atoms with Gasteiger partial charge in [0.25, 0.3) is 0 Å². The van der Waals surface area contributed by atoms with Crippen LogP contribution in [0.4, 0.5) is 5.69 Å². The number of benzene rings is 1. The number of hydrogen-bond donors (Lipinski definition) is 1. The summed E-state index contributed by atoms with van der Waals surface area (Å²) in [5, 5.41) is 0. The SMILES string of the molecule is [B]c1ccc2nccnc2c1N. The van der Waals surface area contributed by atoms with E-state index in [0.29, 0.717) is 16.7 Å². The van der Waals surface area contributed by atoms with E-state index < -0.39 is 0 Å². The highest BCUT2D eigenvalue weighted by atomic mass is 14.8. The van der Waals surface area contributed by atoms with Crippen molar-refractivity contribution < 1.29 is 0 Å². The number of rotatable bonds is 0. The van der Waals surface area contributed by atoms with Gasteiger partial charge in [-0.15, -0.1) is 0 Å². The number of hydrogen-bond acceptors (Lipinski definition) is 3. The average Bonchev–Trinajstić information content (AvgIpc) is 2.12. The number of aromatic nitrogens is 2. The lowest BCUT2D eigenvalue weighted by Gasteiger charge is -2.02. The van der Waals surface area contributed by atoms with Crippen LogP contribution in [-0.4, -0.2) is 17.8 Å². The van der Waals surface area contributed by atoms with Crippen LogP contribution in [0.1, 0.15) is 0 Å². The Morgan fingerprint density at radius 3 is 2.75 bits per heavy atom. The lowest BCUT2D eigenvalue weighted by Crippen LogP contribution is -2.10. The highest BCUT2D eigenvalue weighted by molar-refractivity contribution is 6.37. The average molecular weight is 155 g/mol. The molecule has 12 heavy (non-hydrogen) atoms. The first-order valence-corrected chi connectivity index (χ1v) is 3.53. The maximum Gasteiger partial charge on any atom is 0.116 e. The number of nitrogen functional groups attached to an aromatic ring is 1. The van der Waals surface area contributed by atoms with Crippen LogP contribution in [0.3, 0.4) is 0 Å². The Morgan fingerprint density at radius 1 is 1.17 bits per heavy atom. The van der Waals surface area contributed by atoms with E-state index in [1.54, 1.807) is 24.5 Å². The van der Waals surface area contributed by atoms with E-state index in [1.807, 2.05) is 0 Å². The highest BCUT2D eigenvalue weighted by Crippen LogP contribution is 2.12. The molecule has 0 aliphatic carbocycles. The van der Waals surface area contributed by atoms with Crippen molar-refractivity contribution in [1.29, 1.82) is 0 Å². The number of fused-ring (bicyclic) bond motifs is 1. The molecule has 0 aliphatic rings. The van der Waals surface area contributed by atoms with Gasteiger partial charge in [0.2, 0.25) is 0 Å². The smallest absolute Gasteiger partial charge is 0.116 e. The molecule has 1 aromatic carbocycles. The molecule has 0 unspecified atom stereocenters. The predicted molar refractivity (Wildman–Crippen MR) is 49.3 cm³/mol. The summed E-state index contributed by atoms with van der Waals surface area (Å²) in [6.45, 7) is 0. The van der Waals surface area contributed by atoms with Gasteiger partial charge in [0.05, 0.1) is 11.2 Å². The predicted octanol–water partition coefficient (Wildman–Crippen LogP) is 0.00580. The van der Waals surface area contributed by atoms with E-state index in [-0.39, 0.29) is 0 Å². The van der Waals surface area contributed by atoms with Gasteiger partial charge in [-0.2, -0.15) is 0 Å². The fraction of sp³-hybridized carbons (Fsp3) is 0. The molecule has 0 saturated carbocycles. The Morgan fingerprint density at radius 2 is 1.92 bits per heavy atom.